The van der Waals surface area contributed by atoms with Gasteiger partial charge in [-0.15, -0.1) is 11.8 Å². The molecule has 0 bridgehead atoms. The van der Waals surface area contributed by atoms with Crippen LogP contribution in [0.1, 0.15) is 36.2 Å². The second kappa shape index (κ2) is 8.14. The van der Waals surface area contributed by atoms with E-state index < -0.39 is 0 Å². The fourth-order valence-electron chi connectivity index (χ4n) is 2.72. The van der Waals surface area contributed by atoms with Crippen LogP contribution in [0.4, 0.5) is 5.69 Å². The molecular weight excluding hydrogens is 368 g/mol. The highest BCUT2D eigenvalue weighted by Gasteiger charge is 2.26. The number of nitrogens with one attached hydrogen (secondary N) is 1. The molecule has 2 aromatic carbocycles. The van der Waals surface area contributed by atoms with Crippen LogP contribution in [-0.4, -0.2) is 23.6 Å². The number of carbonyl (C=O) groups excluding carboxylic acids is 2. The minimum Gasteiger partial charge on any atom is -0.350 e. The molecule has 1 N–H and O–H groups in total. The van der Waals surface area contributed by atoms with E-state index in [4.69, 9.17) is 11.6 Å². The van der Waals surface area contributed by atoms with E-state index in [0.717, 1.165) is 22.6 Å². The van der Waals surface area contributed by atoms with E-state index in [9.17, 15) is 9.59 Å². The van der Waals surface area contributed by atoms with Gasteiger partial charge in [0.1, 0.15) is 0 Å². The van der Waals surface area contributed by atoms with E-state index in [1.165, 1.54) is 11.8 Å². The summed E-state index contributed by atoms with van der Waals surface area (Å²) in [6.45, 7) is 4.39. The van der Waals surface area contributed by atoms with Crippen molar-refractivity contribution in [2.75, 3.05) is 10.7 Å². The number of thioether (sulfide) groups is 1. The van der Waals surface area contributed by atoms with Crippen LogP contribution in [0, 0.1) is 0 Å². The first-order valence-corrected chi connectivity index (χ1v) is 9.97. The van der Waals surface area contributed by atoms with E-state index in [0.29, 0.717) is 22.9 Å². The maximum absolute atomic E-state index is 12.5. The largest absolute Gasteiger partial charge is 0.350 e. The predicted octanol–water partition coefficient (Wildman–Crippen LogP) is 4.51. The minimum atomic E-state index is -0.122. The summed E-state index contributed by atoms with van der Waals surface area (Å²) in [6, 6.07) is 13.1. The lowest BCUT2D eigenvalue weighted by atomic mass is 10.1. The number of fused-ring (bicyclic) bond motifs is 1. The Morgan fingerprint density at radius 2 is 2.08 bits per heavy atom. The van der Waals surface area contributed by atoms with Gasteiger partial charge >= 0.3 is 0 Å². The maximum atomic E-state index is 12.5. The van der Waals surface area contributed by atoms with Gasteiger partial charge in [-0.3, -0.25) is 9.59 Å². The molecule has 2 aromatic rings. The Labute approximate surface area is 162 Å². The number of rotatable bonds is 5. The molecule has 1 atom stereocenters. The second-order valence-electron chi connectivity index (χ2n) is 6.33. The van der Waals surface area contributed by atoms with Crippen LogP contribution in [0.5, 0.6) is 0 Å². The Kier molecular flexibility index (Phi) is 5.89. The number of hydrogen-bond donors (Lipinski definition) is 1. The summed E-state index contributed by atoms with van der Waals surface area (Å²) in [6.07, 6.45) is 0.865. The molecule has 0 saturated carbocycles. The average molecular weight is 389 g/mol. The number of amides is 2. The van der Waals surface area contributed by atoms with Crippen LogP contribution < -0.4 is 10.2 Å². The number of carbonyl (C=O) groups is 2. The molecule has 0 radical (unpaired) electrons. The third kappa shape index (κ3) is 4.05. The number of nitrogens with zero attached hydrogens (tertiary/aromatic N) is 1. The molecule has 0 spiro atoms. The standard InChI is InChI=1S/C20H21ClN2O2S/c1-3-13(2)22-20(25)14-8-9-18-17(10-14)23(19(24)12-26-18)11-15-6-4-5-7-16(15)21/h4-10,13H,3,11-12H2,1-2H3,(H,22,25). The van der Waals surface area contributed by atoms with Crippen LogP contribution in [-0.2, 0) is 11.3 Å². The van der Waals surface area contributed by atoms with Crippen molar-refractivity contribution in [2.45, 2.75) is 37.8 Å². The smallest absolute Gasteiger partial charge is 0.251 e. The summed E-state index contributed by atoms with van der Waals surface area (Å²) in [5.41, 5.74) is 2.21. The summed E-state index contributed by atoms with van der Waals surface area (Å²) >= 11 is 7.76. The summed E-state index contributed by atoms with van der Waals surface area (Å²) in [5, 5.41) is 3.60. The average Bonchev–Trinajstić information content (AvgIpc) is 2.65. The van der Waals surface area contributed by atoms with Crippen LogP contribution in [0.25, 0.3) is 0 Å². The fourth-order valence-corrected chi connectivity index (χ4v) is 3.83. The van der Waals surface area contributed by atoms with Crippen molar-refractivity contribution >= 4 is 40.9 Å². The summed E-state index contributed by atoms with van der Waals surface area (Å²) in [7, 11) is 0. The molecule has 3 rings (SSSR count). The van der Waals surface area contributed by atoms with Crippen LogP contribution >= 0.6 is 23.4 Å². The first-order valence-electron chi connectivity index (χ1n) is 8.61. The summed E-state index contributed by atoms with van der Waals surface area (Å²) < 4.78 is 0. The highest BCUT2D eigenvalue weighted by atomic mass is 35.5. The van der Waals surface area contributed by atoms with Gasteiger partial charge in [-0.1, -0.05) is 36.7 Å². The van der Waals surface area contributed by atoms with Crippen molar-refractivity contribution in [2.24, 2.45) is 0 Å². The molecule has 6 heteroatoms. The number of benzene rings is 2. The SMILES string of the molecule is CCC(C)NC(=O)c1ccc2c(c1)N(Cc1ccccc1Cl)C(=O)CS2. The number of anilines is 1. The number of hydrogen-bond acceptors (Lipinski definition) is 3. The van der Waals surface area contributed by atoms with Gasteiger partial charge in [0.25, 0.3) is 5.91 Å². The van der Waals surface area contributed by atoms with Crippen molar-refractivity contribution in [3.8, 4) is 0 Å². The van der Waals surface area contributed by atoms with E-state index in [1.807, 2.05) is 50.2 Å². The monoisotopic (exact) mass is 388 g/mol. The van der Waals surface area contributed by atoms with Gasteiger partial charge in [0.15, 0.2) is 0 Å². The topological polar surface area (TPSA) is 49.4 Å². The highest BCUT2D eigenvalue weighted by Crippen LogP contribution is 2.37. The van der Waals surface area contributed by atoms with Crippen molar-refractivity contribution in [1.82, 2.24) is 5.32 Å². The molecular formula is C20H21ClN2O2S. The van der Waals surface area contributed by atoms with Gasteiger partial charge in [-0.25, -0.2) is 0 Å². The molecule has 1 unspecified atom stereocenters. The van der Waals surface area contributed by atoms with E-state index in [-0.39, 0.29) is 17.9 Å². The Balaban J connectivity index is 1.92. The molecule has 0 aliphatic carbocycles. The zero-order valence-electron chi connectivity index (χ0n) is 14.8. The molecule has 136 valence electrons. The van der Waals surface area contributed by atoms with Crippen molar-refractivity contribution in [3.63, 3.8) is 0 Å². The summed E-state index contributed by atoms with van der Waals surface area (Å²) in [4.78, 5) is 27.7. The molecule has 4 nitrogen and oxygen atoms in total. The van der Waals surface area contributed by atoms with Crippen LogP contribution in [0.3, 0.4) is 0 Å². The molecule has 1 heterocycles. The van der Waals surface area contributed by atoms with Crippen LogP contribution in [0.15, 0.2) is 47.4 Å². The number of halogens is 1. The van der Waals surface area contributed by atoms with Gasteiger partial charge in [0.2, 0.25) is 5.91 Å². The predicted molar refractivity (Wildman–Crippen MR) is 107 cm³/mol. The summed E-state index contributed by atoms with van der Waals surface area (Å²) in [5.74, 6) is 0.278. The van der Waals surface area contributed by atoms with E-state index in [1.54, 1.807) is 11.0 Å². The van der Waals surface area contributed by atoms with Crippen molar-refractivity contribution in [1.29, 1.82) is 0 Å². The Morgan fingerprint density at radius 3 is 2.81 bits per heavy atom. The van der Waals surface area contributed by atoms with Crippen molar-refractivity contribution < 1.29 is 9.59 Å². The Morgan fingerprint density at radius 1 is 1.31 bits per heavy atom. The zero-order valence-corrected chi connectivity index (χ0v) is 16.4. The van der Waals surface area contributed by atoms with Gasteiger partial charge in [-0.2, -0.15) is 0 Å². The molecule has 26 heavy (non-hydrogen) atoms. The third-order valence-corrected chi connectivity index (χ3v) is 5.86. The van der Waals surface area contributed by atoms with E-state index in [2.05, 4.69) is 5.32 Å². The maximum Gasteiger partial charge on any atom is 0.251 e. The first-order chi connectivity index (χ1) is 12.5. The molecule has 0 aromatic heterocycles. The molecule has 2 amide bonds. The molecule has 1 aliphatic rings. The molecule has 0 saturated heterocycles. The van der Waals surface area contributed by atoms with Gasteiger partial charge in [0, 0.05) is 21.5 Å². The normalized spacial score (nSPS) is 14.7. The highest BCUT2D eigenvalue weighted by molar-refractivity contribution is 8.00. The van der Waals surface area contributed by atoms with E-state index >= 15 is 0 Å². The quantitative estimate of drug-likeness (QED) is 0.819. The fraction of sp³-hybridized carbons (Fsp3) is 0.300. The van der Waals surface area contributed by atoms with Crippen LogP contribution in [0.2, 0.25) is 5.02 Å². The Bertz CT molecular complexity index is 840. The lowest BCUT2D eigenvalue weighted by molar-refractivity contribution is -0.116. The first kappa shape index (κ1) is 18.8. The lowest BCUT2D eigenvalue weighted by Gasteiger charge is -2.30. The van der Waals surface area contributed by atoms with Crippen molar-refractivity contribution in [3.05, 3.63) is 58.6 Å². The second-order valence-corrected chi connectivity index (χ2v) is 7.75. The minimum absolute atomic E-state index is 0.0157. The molecule has 0 fully saturated rings. The Hall–Kier alpha value is -1.98. The van der Waals surface area contributed by atoms with Gasteiger partial charge in [-0.05, 0) is 43.2 Å². The zero-order chi connectivity index (χ0) is 18.7. The molecule has 1 aliphatic heterocycles. The van der Waals surface area contributed by atoms with Gasteiger partial charge in [0.05, 0.1) is 18.0 Å². The van der Waals surface area contributed by atoms with Gasteiger partial charge < -0.3 is 10.2 Å². The third-order valence-electron chi connectivity index (χ3n) is 4.44. The lowest BCUT2D eigenvalue weighted by Crippen LogP contribution is -2.36.